The zero-order chi connectivity index (χ0) is 28.4. The molecule has 0 spiro atoms. The second-order valence-corrected chi connectivity index (χ2v) is 9.16. The van der Waals surface area contributed by atoms with Crippen LogP contribution in [0.3, 0.4) is 0 Å². The van der Waals surface area contributed by atoms with Crippen molar-refractivity contribution in [2.45, 2.75) is 26.6 Å². The number of imidazole rings is 1. The Bertz CT molecular complexity index is 1710. The first kappa shape index (κ1) is 26.5. The Balaban J connectivity index is 1.56. The Morgan fingerprint density at radius 2 is 1.60 bits per heavy atom. The summed E-state index contributed by atoms with van der Waals surface area (Å²) in [5.74, 6) is 0.441. The first-order valence-electron chi connectivity index (χ1n) is 12.2. The number of halogens is 3. The minimum absolute atomic E-state index is 0.104. The van der Waals surface area contributed by atoms with Crippen molar-refractivity contribution in [3.8, 4) is 11.4 Å². The van der Waals surface area contributed by atoms with Crippen LogP contribution in [0.5, 0.6) is 0 Å². The van der Waals surface area contributed by atoms with E-state index in [0.717, 1.165) is 12.1 Å². The van der Waals surface area contributed by atoms with E-state index >= 15 is 0 Å². The number of anilines is 3. The number of Topliss-reactive ketones (excluding diaryl/α,β-unsaturated/α-hetero) is 1. The van der Waals surface area contributed by atoms with E-state index in [4.69, 9.17) is 9.97 Å². The summed E-state index contributed by atoms with van der Waals surface area (Å²) in [6, 6.07) is 18.9. The molecule has 1 amide bonds. The van der Waals surface area contributed by atoms with Crippen LogP contribution >= 0.6 is 0 Å². The molecule has 40 heavy (non-hydrogen) atoms. The van der Waals surface area contributed by atoms with Crippen LogP contribution in [0, 0.1) is 0 Å². The molecule has 2 heterocycles. The van der Waals surface area contributed by atoms with Crippen LogP contribution in [0.25, 0.3) is 22.6 Å². The number of hydrogen-bond donors (Lipinski definition) is 2. The average molecular weight is 545 g/mol. The predicted octanol–water partition coefficient (Wildman–Crippen LogP) is 6.47. The molecule has 0 unspecified atom stereocenters. The van der Waals surface area contributed by atoms with E-state index in [-0.39, 0.29) is 18.2 Å². The molecule has 3 aromatic carbocycles. The highest BCUT2D eigenvalue weighted by molar-refractivity contribution is 5.95. The normalized spacial score (nSPS) is 11.4. The summed E-state index contributed by atoms with van der Waals surface area (Å²) in [6.45, 7) is 3.12. The van der Waals surface area contributed by atoms with E-state index in [1.54, 1.807) is 59.4 Å². The molecule has 0 aliphatic rings. The fourth-order valence-corrected chi connectivity index (χ4v) is 4.13. The number of fused-ring (bicyclic) bond motifs is 1. The lowest BCUT2D eigenvalue weighted by molar-refractivity contribution is -0.137. The molecule has 5 rings (SSSR count). The molecular formula is C29H23F3N6O2. The van der Waals surface area contributed by atoms with E-state index in [9.17, 15) is 22.8 Å². The predicted molar refractivity (Wildman–Crippen MR) is 145 cm³/mol. The molecule has 11 heteroatoms. The van der Waals surface area contributed by atoms with Crippen LogP contribution in [0.2, 0.25) is 0 Å². The quantitative estimate of drug-likeness (QED) is 0.228. The summed E-state index contributed by atoms with van der Waals surface area (Å²) in [7, 11) is 0. The smallest absolute Gasteiger partial charge is 0.338 e. The highest BCUT2D eigenvalue weighted by Gasteiger charge is 2.30. The third-order valence-electron chi connectivity index (χ3n) is 6.09. The number of aromatic nitrogens is 4. The lowest BCUT2D eigenvalue weighted by Crippen LogP contribution is -2.06. The molecule has 0 aliphatic heterocycles. The lowest BCUT2D eigenvalue weighted by Gasteiger charge is -2.12. The molecule has 0 radical (unpaired) electrons. The van der Waals surface area contributed by atoms with Crippen LogP contribution in [-0.4, -0.2) is 31.2 Å². The van der Waals surface area contributed by atoms with Gasteiger partial charge in [-0.15, -0.1) is 0 Å². The van der Waals surface area contributed by atoms with E-state index in [2.05, 4.69) is 15.6 Å². The number of benzene rings is 3. The Hall–Kier alpha value is -5.06. The number of alkyl halides is 3. The largest absolute Gasteiger partial charge is 0.416 e. The van der Waals surface area contributed by atoms with Gasteiger partial charge in [-0.3, -0.25) is 9.59 Å². The lowest BCUT2D eigenvalue weighted by atomic mass is 10.1. The summed E-state index contributed by atoms with van der Waals surface area (Å²) in [5, 5.41) is 5.96. The summed E-state index contributed by atoms with van der Waals surface area (Å²) in [5.41, 5.74) is 3.23. The zero-order valence-electron chi connectivity index (χ0n) is 21.5. The number of amides is 1. The summed E-state index contributed by atoms with van der Waals surface area (Å²) in [4.78, 5) is 37.2. The SMILES string of the molecule is CC(=O)Nc1ccc(Nc2nc(-c3cccc(C(C)=O)c3)nc3c2ncn3Cc2ccc(C(F)(F)F)cc2)cc1. The molecule has 0 fully saturated rings. The number of nitrogens with zero attached hydrogens (tertiary/aromatic N) is 4. The number of ketones is 1. The molecule has 5 aromatic rings. The van der Waals surface area contributed by atoms with Crippen molar-refractivity contribution in [1.82, 2.24) is 19.5 Å². The van der Waals surface area contributed by atoms with Crippen molar-refractivity contribution in [3.05, 3.63) is 95.8 Å². The fourth-order valence-electron chi connectivity index (χ4n) is 4.13. The topological polar surface area (TPSA) is 102 Å². The second-order valence-electron chi connectivity index (χ2n) is 9.16. The minimum atomic E-state index is -4.42. The monoisotopic (exact) mass is 544 g/mol. The van der Waals surface area contributed by atoms with E-state index in [0.29, 0.717) is 50.9 Å². The maximum absolute atomic E-state index is 13.0. The molecular weight excluding hydrogens is 521 g/mol. The van der Waals surface area contributed by atoms with Crippen LogP contribution < -0.4 is 10.6 Å². The number of nitrogens with one attached hydrogen (secondary N) is 2. The van der Waals surface area contributed by atoms with Gasteiger partial charge in [0, 0.05) is 29.4 Å². The number of hydrogen-bond acceptors (Lipinski definition) is 6. The molecule has 2 N–H and O–H groups in total. The molecule has 0 atom stereocenters. The van der Waals surface area contributed by atoms with Gasteiger partial charge in [0.2, 0.25) is 5.91 Å². The Morgan fingerprint density at radius 1 is 0.900 bits per heavy atom. The van der Waals surface area contributed by atoms with Gasteiger partial charge in [0.25, 0.3) is 0 Å². The van der Waals surface area contributed by atoms with E-state index in [1.165, 1.54) is 26.0 Å². The number of rotatable bonds is 7. The third kappa shape index (κ3) is 5.83. The molecule has 0 bridgehead atoms. The van der Waals surface area contributed by atoms with Crippen molar-refractivity contribution in [2.75, 3.05) is 10.6 Å². The van der Waals surface area contributed by atoms with Crippen molar-refractivity contribution in [2.24, 2.45) is 0 Å². The summed E-state index contributed by atoms with van der Waals surface area (Å²) in [6.07, 6.45) is -2.87. The van der Waals surface area contributed by atoms with Crippen LogP contribution in [-0.2, 0) is 17.5 Å². The first-order valence-corrected chi connectivity index (χ1v) is 12.2. The van der Waals surface area contributed by atoms with Crippen LogP contribution in [0.1, 0.15) is 35.3 Å². The van der Waals surface area contributed by atoms with Gasteiger partial charge in [0.15, 0.2) is 28.6 Å². The molecule has 0 saturated carbocycles. The van der Waals surface area contributed by atoms with Crippen molar-refractivity contribution in [3.63, 3.8) is 0 Å². The van der Waals surface area contributed by atoms with Gasteiger partial charge in [-0.05, 0) is 55.0 Å². The van der Waals surface area contributed by atoms with Gasteiger partial charge in [0.05, 0.1) is 18.4 Å². The highest BCUT2D eigenvalue weighted by Crippen LogP contribution is 2.30. The van der Waals surface area contributed by atoms with Gasteiger partial charge < -0.3 is 15.2 Å². The van der Waals surface area contributed by atoms with Crippen molar-refractivity contribution < 1.29 is 22.8 Å². The maximum atomic E-state index is 13.0. The maximum Gasteiger partial charge on any atom is 0.416 e. The number of carbonyl (C=O) groups excluding carboxylic acids is 2. The first-order chi connectivity index (χ1) is 19.1. The molecule has 0 aliphatic carbocycles. The highest BCUT2D eigenvalue weighted by atomic mass is 19.4. The van der Waals surface area contributed by atoms with Crippen LogP contribution in [0.4, 0.5) is 30.4 Å². The summed E-state index contributed by atoms with van der Waals surface area (Å²) >= 11 is 0. The summed E-state index contributed by atoms with van der Waals surface area (Å²) < 4.78 is 40.8. The molecule has 8 nitrogen and oxygen atoms in total. The van der Waals surface area contributed by atoms with Gasteiger partial charge in [-0.1, -0.05) is 30.3 Å². The van der Waals surface area contributed by atoms with Crippen LogP contribution in [0.15, 0.2) is 79.1 Å². The molecule has 202 valence electrons. The Morgan fingerprint density at radius 3 is 2.25 bits per heavy atom. The van der Waals surface area contributed by atoms with E-state index < -0.39 is 11.7 Å². The fraction of sp³-hybridized carbons (Fsp3) is 0.138. The van der Waals surface area contributed by atoms with Gasteiger partial charge in [0.1, 0.15) is 0 Å². The third-order valence-corrected chi connectivity index (χ3v) is 6.09. The number of carbonyl (C=O) groups is 2. The zero-order valence-corrected chi connectivity index (χ0v) is 21.5. The van der Waals surface area contributed by atoms with Crippen molar-refractivity contribution >= 4 is 40.0 Å². The Labute approximate surface area is 226 Å². The minimum Gasteiger partial charge on any atom is -0.338 e. The molecule has 0 saturated heterocycles. The Kier molecular flexibility index (Phi) is 7.03. The van der Waals surface area contributed by atoms with Gasteiger partial charge >= 0.3 is 6.18 Å². The van der Waals surface area contributed by atoms with Crippen molar-refractivity contribution in [1.29, 1.82) is 0 Å². The standard InChI is InChI=1S/C29H23F3N6O2/c1-17(39)20-4-3-5-21(14-20)26-36-27(35-24-12-10-23(11-13-24)34-18(2)40)25-28(37-26)38(16-33-25)15-19-6-8-22(9-7-19)29(30,31)32/h3-14,16H,15H2,1-2H3,(H,34,40)(H,35,36,37). The van der Waals surface area contributed by atoms with Gasteiger partial charge in [-0.2, -0.15) is 13.2 Å². The average Bonchev–Trinajstić information content (AvgIpc) is 3.32. The van der Waals surface area contributed by atoms with E-state index in [1.807, 2.05) is 0 Å². The molecule has 2 aromatic heterocycles. The van der Waals surface area contributed by atoms with Gasteiger partial charge in [-0.25, -0.2) is 15.0 Å². The second kappa shape index (κ2) is 10.6.